The lowest BCUT2D eigenvalue weighted by Gasteiger charge is -2.12. The van der Waals surface area contributed by atoms with Crippen molar-refractivity contribution in [1.82, 2.24) is 19.9 Å². The molecule has 0 atom stereocenters. The number of aromatic nitrogens is 3. The zero-order valence-corrected chi connectivity index (χ0v) is 16.2. The van der Waals surface area contributed by atoms with Gasteiger partial charge in [-0.05, 0) is 24.6 Å². The largest absolute Gasteiger partial charge is 0.418 e. The summed E-state index contributed by atoms with van der Waals surface area (Å²) in [5.74, 6) is -0.0463. The second-order valence-corrected chi connectivity index (χ2v) is 7.03. The van der Waals surface area contributed by atoms with Gasteiger partial charge in [-0.15, -0.1) is 0 Å². The number of fused-ring (bicyclic) bond motifs is 2. The minimum absolute atomic E-state index is 0.0267. The summed E-state index contributed by atoms with van der Waals surface area (Å²) >= 11 is 6.32. The molecule has 0 bridgehead atoms. The highest BCUT2D eigenvalue weighted by molar-refractivity contribution is 6.33. The first-order valence-corrected chi connectivity index (χ1v) is 9.12. The molecule has 0 saturated heterocycles. The zero-order valence-electron chi connectivity index (χ0n) is 15.4. The van der Waals surface area contributed by atoms with Crippen LogP contribution in [0.25, 0.3) is 11.0 Å². The van der Waals surface area contributed by atoms with Crippen LogP contribution in [0.5, 0.6) is 0 Å². The van der Waals surface area contributed by atoms with E-state index in [4.69, 9.17) is 11.6 Å². The number of halogens is 4. The highest BCUT2D eigenvalue weighted by Gasteiger charge is 2.35. The molecular formula is C18H16ClF3N6O. The molecule has 1 aromatic carbocycles. The minimum Gasteiger partial charge on any atom is -0.370 e. The number of carbonyl (C=O) groups is 1. The predicted molar refractivity (Wildman–Crippen MR) is 104 cm³/mol. The van der Waals surface area contributed by atoms with Crippen LogP contribution in [0.15, 0.2) is 18.3 Å². The Labute approximate surface area is 168 Å². The number of aromatic amines is 1. The second kappa shape index (κ2) is 6.80. The Balaban J connectivity index is 1.77. The lowest BCUT2D eigenvalue weighted by Crippen LogP contribution is -2.17. The van der Waals surface area contributed by atoms with Crippen molar-refractivity contribution in [1.29, 1.82) is 0 Å². The maximum Gasteiger partial charge on any atom is 0.418 e. The van der Waals surface area contributed by atoms with Gasteiger partial charge in [0.05, 0.1) is 21.7 Å². The van der Waals surface area contributed by atoms with E-state index < -0.39 is 11.7 Å². The summed E-state index contributed by atoms with van der Waals surface area (Å²) in [6.45, 7) is 2.58. The van der Waals surface area contributed by atoms with Crippen LogP contribution in [0.1, 0.15) is 28.4 Å². The maximum atomic E-state index is 13.3. The molecule has 0 unspecified atom stereocenters. The van der Waals surface area contributed by atoms with E-state index in [1.807, 2.05) is 0 Å². The van der Waals surface area contributed by atoms with Gasteiger partial charge in [0.1, 0.15) is 11.5 Å². The molecule has 2 aromatic heterocycles. The molecule has 3 N–H and O–H groups in total. The third-order valence-corrected chi connectivity index (χ3v) is 4.92. The van der Waals surface area contributed by atoms with Crippen LogP contribution >= 0.6 is 11.6 Å². The molecule has 11 heteroatoms. The van der Waals surface area contributed by atoms with Crippen LogP contribution in [0, 0.1) is 0 Å². The van der Waals surface area contributed by atoms with Gasteiger partial charge in [-0.2, -0.15) is 23.1 Å². The van der Waals surface area contributed by atoms with E-state index >= 15 is 0 Å². The van der Waals surface area contributed by atoms with E-state index in [0.717, 1.165) is 11.8 Å². The molecule has 152 valence electrons. The lowest BCUT2D eigenvalue weighted by atomic mass is 10.1. The van der Waals surface area contributed by atoms with Crippen molar-refractivity contribution in [3.63, 3.8) is 0 Å². The quantitative estimate of drug-likeness (QED) is 0.578. The van der Waals surface area contributed by atoms with Crippen molar-refractivity contribution in [3.8, 4) is 0 Å². The van der Waals surface area contributed by atoms with Gasteiger partial charge in [-0.3, -0.25) is 4.79 Å². The van der Waals surface area contributed by atoms with Crippen LogP contribution in [-0.4, -0.2) is 39.4 Å². The van der Waals surface area contributed by atoms with Gasteiger partial charge in [-0.25, -0.2) is 0 Å². The lowest BCUT2D eigenvalue weighted by molar-refractivity contribution is -0.136. The highest BCUT2D eigenvalue weighted by atomic mass is 35.5. The molecule has 7 nitrogen and oxygen atoms in total. The smallest absolute Gasteiger partial charge is 0.370 e. The Morgan fingerprint density at radius 3 is 2.76 bits per heavy atom. The topological polar surface area (TPSA) is 85.9 Å². The minimum atomic E-state index is -4.55. The summed E-state index contributed by atoms with van der Waals surface area (Å²) in [6, 6.07) is 3.28. The van der Waals surface area contributed by atoms with Crippen LogP contribution in [-0.2, 0) is 12.7 Å². The number of amides is 1. The molecule has 0 radical (unpaired) electrons. The summed E-state index contributed by atoms with van der Waals surface area (Å²) in [5, 5.41) is 5.96. The Morgan fingerprint density at radius 2 is 2.07 bits per heavy atom. The average Bonchev–Trinajstić information content (AvgIpc) is 3.18. The van der Waals surface area contributed by atoms with Gasteiger partial charge < -0.3 is 20.5 Å². The van der Waals surface area contributed by atoms with Crippen molar-refractivity contribution in [2.24, 2.45) is 0 Å². The number of alkyl halides is 3. The van der Waals surface area contributed by atoms with Gasteiger partial charge in [0.2, 0.25) is 5.95 Å². The maximum absolute atomic E-state index is 13.3. The SMILES string of the molecule is CCNc1nc(Nc2cc3c(cc2Cl)CN(C)C3=O)nc2[nH]cc(C(F)(F)F)c12. The summed E-state index contributed by atoms with van der Waals surface area (Å²) in [6.07, 6.45) is -3.68. The van der Waals surface area contributed by atoms with E-state index in [2.05, 4.69) is 25.6 Å². The molecule has 1 aliphatic heterocycles. The third-order valence-electron chi connectivity index (χ3n) is 4.61. The molecule has 0 aliphatic carbocycles. The first-order valence-electron chi connectivity index (χ1n) is 8.74. The predicted octanol–water partition coefficient (Wildman–Crippen LogP) is 4.39. The molecular weight excluding hydrogens is 409 g/mol. The molecule has 0 saturated carbocycles. The Morgan fingerprint density at radius 1 is 1.31 bits per heavy atom. The molecule has 1 aliphatic rings. The van der Waals surface area contributed by atoms with Crippen LogP contribution in [0.3, 0.4) is 0 Å². The first-order chi connectivity index (χ1) is 13.7. The molecule has 29 heavy (non-hydrogen) atoms. The summed E-state index contributed by atoms with van der Waals surface area (Å²) in [7, 11) is 1.69. The standard InChI is InChI=1S/C18H16ClF3N6O/c1-3-23-14-13-10(18(20,21)22)6-24-15(13)27-17(26-14)25-12-5-9-8(4-11(12)19)7-28(2)16(9)29/h4-6H,3,7H2,1-2H3,(H3,23,24,25,26,27). The molecule has 0 spiro atoms. The normalized spacial score (nSPS) is 13.9. The fourth-order valence-electron chi connectivity index (χ4n) is 3.30. The Hall–Kier alpha value is -3.01. The zero-order chi connectivity index (χ0) is 20.9. The highest BCUT2D eigenvalue weighted by Crippen LogP contribution is 2.38. The van der Waals surface area contributed by atoms with Gasteiger partial charge in [-0.1, -0.05) is 11.6 Å². The van der Waals surface area contributed by atoms with Crippen LogP contribution in [0.4, 0.5) is 30.6 Å². The average molecular weight is 425 g/mol. The van der Waals surface area contributed by atoms with Crippen molar-refractivity contribution >= 4 is 46.0 Å². The first kappa shape index (κ1) is 19.3. The van der Waals surface area contributed by atoms with Gasteiger partial charge in [0, 0.05) is 31.9 Å². The fourth-order valence-corrected chi connectivity index (χ4v) is 3.53. The molecule has 4 rings (SSSR count). The molecule has 0 fully saturated rings. The number of hydrogen-bond acceptors (Lipinski definition) is 5. The molecule has 3 aromatic rings. The van der Waals surface area contributed by atoms with Crippen LogP contribution < -0.4 is 10.6 Å². The summed E-state index contributed by atoms with van der Waals surface area (Å²) in [5.41, 5.74) is 0.875. The number of carbonyl (C=O) groups excluding carboxylic acids is 1. The molecule has 1 amide bonds. The number of benzene rings is 1. The fraction of sp³-hybridized carbons (Fsp3) is 0.278. The number of rotatable bonds is 4. The van der Waals surface area contributed by atoms with Crippen molar-refractivity contribution < 1.29 is 18.0 Å². The molecule has 3 heterocycles. The Bertz CT molecular complexity index is 1130. The van der Waals surface area contributed by atoms with Crippen molar-refractivity contribution in [2.75, 3.05) is 24.2 Å². The summed E-state index contributed by atoms with van der Waals surface area (Å²) < 4.78 is 39.9. The third kappa shape index (κ3) is 3.33. The van der Waals surface area contributed by atoms with Crippen LogP contribution in [0.2, 0.25) is 5.02 Å². The van der Waals surface area contributed by atoms with E-state index in [1.165, 1.54) is 0 Å². The number of hydrogen-bond donors (Lipinski definition) is 3. The van der Waals surface area contributed by atoms with Gasteiger partial charge >= 0.3 is 6.18 Å². The van der Waals surface area contributed by atoms with E-state index in [1.54, 1.807) is 31.0 Å². The van der Waals surface area contributed by atoms with Gasteiger partial charge in [0.25, 0.3) is 5.91 Å². The number of H-pyrrole nitrogens is 1. The number of anilines is 3. The Kier molecular flexibility index (Phi) is 4.53. The van der Waals surface area contributed by atoms with E-state index in [0.29, 0.717) is 29.4 Å². The number of nitrogens with zero attached hydrogens (tertiary/aromatic N) is 3. The second-order valence-electron chi connectivity index (χ2n) is 6.63. The monoisotopic (exact) mass is 424 g/mol. The van der Waals surface area contributed by atoms with E-state index in [9.17, 15) is 18.0 Å². The summed E-state index contributed by atoms with van der Waals surface area (Å²) in [4.78, 5) is 24.7. The van der Waals surface area contributed by atoms with Gasteiger partial charge in [0.15, 0.2) is 0 Å². The van der Waals surface area contributed by atoms with E-state index in [-0.39, 0.29) is 28.7 Å². The van der Waals surface area contributed by atoms with Crippen molar-refractivity contribution in [2.45, 2.75) is 19.6 Å². The van der Waals surface area contributed by atoms with Crippen molar-refractivity contribution in [3.05, 3.63) is 40.0 Å². The number of nitrogens with one attached hydrogen (secondary N) is 3.